The average molecular weight is 545 g/mol. The second kappa shape index (κ2) is 13.7. The van der Waals surface area contributed by atoms with E-state index in [2.05, 4.69) is 20.7 Å². The molecular formula is C28H37FN4O6. The van der Waals surface area contributed by atoms with Crippen molar-refractivity contribution in [2.24, 2.45) is 0 Å². The van der Waals surface area contributed by atoms with Crippen molar-refractivity contribution < 1.29 is 33.0 Å². The SMILES string of the molecule is COC(=O)COc1ccc(NC(=O)N2CCC(Nc3ccc(CCNC(=O)OC(C)(C)C)cc3)CC2)c(F)c1. The Balaban J connectivity index is 1.39. The summed E-state index contributed by atoms with van der Waals surface area (Å²) in [5, 5.41) is 8.86. The zero-order valence-electron chi connectivity index (χ0n) is 22.8. The lowest BCUT2D eigenvalue weighted by molar-refractivity contribution is -0.142. The number of anilines is 2. The van der Waals surface area contributed by atoms with Crippen molar-refractivity contribution in [3.63, 3.8) is 0 Å². The molecule has 0 saturated carbocycles. The molecule has 212 valence electrons. The zero-order valence-corrected chi connectivity index (χ0v) is 22.8. The smallest absolute Gasteiger partial charge is 0.407 e. The van der Waals surface area contributed by atoms with Gasteiger partial charge in [0.2, 0.25) is 0 Å². The summed E-state index contributed by atoms with van der Waals surface area (Å²) in [5.41, 5.74) is 1.59. The summed E-state index contributed by atoms with van der Waals surface area (Å²) in [6.45, 7) is 6.69. The van der Waals surface area contributed by atoms with E-state index in [9.17, 15) is 18.8 Å². The molecule has 11 heteroatoms. The van der Waals surface area contributed by atoms with E-state index < -0.39 is 23.5 Å². The highest BCUT2D eigenvalue weighted by Crippen LogP contribution is 2.23. The fourth-order valence-corrected chi connectivity index (χ4v) is 3.94. The minimum absolute atomic E-state index is 0.0343. The van der Waals surface area contributed by atoms with E-state index in [1.165, 1.54) is 19.2 Å². The molecule has 10 nitrogen and oxygen atoms in total. The van der Waals surface area contributed by atoms with Gasteiger partial charge in [0.15, 0.2) is 6.61 Å². The molecule has 0 aliphatic carbocycles. The minimum Gasteiger partial charge on any atom is -0.482 e. The number of alkyl carbamates (subject to hydrolysis) is 1. The molecule has 0 atom stereocenters. The first-order chi connectivity index (χ1) is 18.5. The maximum Gasteiger partial charge on any atom is 0.407 e. The van der Waals surface area contributed by atoms with Crippen LogP contribution in [0.1, 0.15) is 39.2 Å². The normalized spacial score (nSPS) is 13.8. The fourth-order valence-electron chi connectivity index (χ4n) is 3.94. The predicted molar refractivity (Wildman–Crippen MR) is 146 cm³/mol. The van der Waals surface area contributed by atoms with Gasteiger partial charge in [-0.05, 0) is 69.9 Å². The summed E-state index contributed by atoms with van der Waals surface area (Å²) < 4.78 is 29.3. The molecule has 1 fully saturated rings. The van der Waals surface area contributed by atoms with Gasteiger partial charge in [-0.1, -0.05) is 12.1 Å². The quantitative estimate of drug-likeness (QED) is 0.396. The molecule has 1 aliphatic heterocycles. The number of urea groups is 1. The summed E-state index contributed by atoms with van der Waals surface area (Å²) in [7, 11) is 1.23. The van der Waals surface area contributed by atoms with Crippen LogP contribution < -0.4 is 20.7 Å². The number of nitrogens with one attached hydrogen (secondary N) is 3. The van der Waals surface area contributed by atoms with Gasteiger partial charge in [-0.3, -0.25) is 0 Å². The van der Waals surface area contributed by atoms with Crippen molar-refractivity contribution in [1.29, 1.82) is 0 Å². The average Bonchev–Trinajstić information content (AvgIpc) is 2.89. The van der Waals surface area contributed by atoms with Crippen molar-refractivity contribution in [2.45, 2.75) is 51.7 Å². The van der Waals surface area contributed by atoms with Crippen molar-refractivity contribution in [1.82, 2.24) is 10.2 Å². The van der Waals surface area contributed by atoms with Crippen LogP contribution in [0.15, 0.2) is 42.5 Å². The Morgan fingerprint density at radius 3 is 2.36 bits per heavy atom. The Kier molecular flexibility index (Phi) is 10.4. The van der Waals surface area contributed by atoms with E-state index in [4.69, 9.17) is 9.47 Å². The van der Waals surface area contributed by atoms with E-state index in [-0.39, 0.29) is 30.1 Å². The summed E-state index contributed by atoms with van der Waals surface area (Å²) >= 11 is 0. The lowest BCUT2D eigenvalue weighted by Gasteiger charge is -2.33. The number of likely N-dealkylation sites (tertiary alicyclic amines) is 1. The first-order valence-corrected chi connectivity index (χ1v) is 12.9. The molecule has 0 unspecified atom stereocenters. The molecule has 1 heterocycles. The summed E-state index contributed by atoms with van der Waals surface area (Å²) in [6, 6.07) is 11.8. The van der Waals surface area contributed by atoms with E-state index in [1.54, 1.807) is 4.90 Å². The minimum atomic E-state index is -0.661. The number of nitrogens with zero attached hydrogens (tertiary/aromatic N) is 1. The van der Waals surface area contributed by atoms with Crippen molar-refractivity contribution in [3.05, 3.63) is 53.8 Å². The molecule has 3 N–H and O–H groups in total. The highest BCUT2D eigenvalue weighted by Gasteiger charge is 2.23. The van der Waals surface area contributed by atoms with Crippen LogP contribution in [0.4, 0.5) is 25.4 Å². The molecule has 0 aromatic heterocycles. The van der Waals surface area contributed by atoms with E-state index >= 15 is 0 Å². The number of halogens is 1. The predicted octanol–water partition coefficient (Wildman–Crippen LogP) is 4.55. The third-order valence-electron chi connectivity index (χ3n) is 5.96. The van der Waals surface area contributed by atoms with Crippen LogP contribution in [0.25, 0.3) is 0 Å². The monoisotopic (exact) mass is 544 g/mol. The third kappa shape index (κ3) is 9.99. The lowest BCUT2D eigenvalue weighted by atomic mass is 10.0. The first-order valence-electron chi connectivity index (χ1n) is 12.9. The van der Waals surface area contributed by atoms with E-state index in [0.29, 0.717) is 26.1 Å². The molecule has 0 bridgehead atoms. The molecule has 0 spiro atoms. The van der Waals surface area contributed by atoms with Gasteiger partial charge in [0, 0.05) is 37.4 Å². The zero-order chi connectivity index (χ0) is 28.4. The van der Waals surface area contributed by atoms with Crippen LogP contribution in [0.2, 0.25) is 0 Å². The van der Waals surface area contributed by atoms with Crippen LogP contribution in [-0.4, -0.2) is 68.0 Å². The van der Waals surface area contributed by atoms with Crippen molar-refractivity contribution >= 4 is 29.5 Å². The number of hydrogen-bond acceptors (Lipinski definition) is 7. The Hall–Kier alpha value is -4.02. The van der Waals surface area contributed by atoms with E-state index in [0.717, 1.165) is 30.2 Å². The molecule has 1 saturated heterocycles. The standard InChI is InChI=1S/C28H37FN4O6/c1-28(2,3)39-27(36)30-14-11-19-5-7-20(8-6-19)31-21-12-15-33(16-13-21)26(35)32-24-10-9-22(17-23(24)29)38-18-25(34)37-4/h5-10,17,21,31H,11-16,18H2,1-4H3,(H,30,36)(H,32,35). The maximum atomic E-state index is 14.4. The Labute approximate surface area is 228 Å². The second-order valence-corrected chi connectivity index (χ2v) is 10.2. The van der Waals surface area contributed by atoms with E-state index in [1.807, 2.05) is 45.0 Å². The van der Waals surface area contributed by atoms with Crippen molar-refractivity contribution in [2.75, 3.05) is 44.0 Å². The largest absolute Gasteiger partial charge is 0.482 e. The number of ether oxygens (including phenoxy) is 3. The number of rotatable bonds is 9. The van der Waals surface area contributed by atoms with Gasteiger partial charge < -0.3 is 35.1 Å². The second-order valence-electron chi connectivity index (χ2n) is 10.2. The van der Waals surface area contributed by atoms with Gasteiger partial charge in [0.05, 0.1) is 12.8 Å². The summed E-state index contributed by atoms with van der Waals surface area (Å²) in [4.78, 5) is 37.2. The van der Waals surface area contributed by atoms with Gasteiger partial charge in [0.25, 0.3) is 0 Å². The third-order valence-corrected chi connectivity index (χ3v) is 5.96. The molecule has 3 amide bonds. The number of carbonyl (C=O) groups excluding carboxylic acids is 3. The Bertz CT molecular complexity index is 1130. The van der Waals surface area contributed by atoms with Gasteiger partial charge in [-0.15, -0.1) is 0 Å². The molecule has 0 radical (unpaired) electrons. The highest BCUT2D eigenvalue weighted by atomic mass is 19.1. The van der Waals surface area contributed by atoms with Crippen LogP contribution in [0, 0.1) is 5.82 Å². The highest BCUT2D eigenvalue weighted by molar-refractivity contribution is 5.89. The number of benzene rings is 2. The van der Waals surface area contributed by atoms with Crippen molar-refractivity contribution in [3.8, 4) is 5.75 Å². The maximum absolute atomic E-state index is 14.4. The number of piperidine rings is 1. The molecule has 3 rings (SSSR count). The molecule has 2 aromatic carbocycles. The molecule has 2 aromatic rings. The topological polar surface area (TPSA) is 118 Å². The van der Waals surface area contributed by atoms with Gasteiger partial charge in [-0.2, -0.15) is 0 Å². The number of methoxy groups -OCH3 is 1. The Morgan fingerprint density at radius 2 is 1.74 bits per heavy atom. The van der Waals surface area contributed by atoms with Crippen LogP contribution in [0.5, 0.6) is 5.75 Å². The lowest BCUT2D eigenvalue weighted by Crippen LogP contribution is -2.44. The number of esters is 1. The first kappa shape index (κ1) is 29.5. The molecular weight excluding hydrogens is 507 g/mol. The van der Waals surface area contributed by atoms with Crippen LogP contribution in [-0.2, 0) is 20.7 Å². The molecule has 39 heavy (non-hydrogen) atoms. The van der Waals surface area contributed by atoms with Gasteiger partial charge in [0.1, 0.15) is 17.2 Å². The number of hydrogen-bond donors (Lipinski definition) is 3. The van der Waals surface area contributed by atoms with Gasteiger partial charge >= 0.3 is 18.1 Å². The fraction of sp³-hybridized carbons (Fsp3) is 0.464. The molecule has 1 aliphatic rings. The Morgan fingerprint density at radius 1 is 1.05 bits per heavy atom. The van der Waals surface area contributed by atoms with Crippen LogP contribution in [0.3, 0.4) is 0 Å². The van der Waals surface area contributed by atoms with Crippen LogP contribution >= 0.6 is 0 Å². The number of carbonyl (C=O) groups is 3. The number of amides is 3. The summed E-state index contributed by atoms with van der Waals surface area (Å²) in [5.74, 6) is -1.08. The summed E-state index contributed by atoms with van der Waals surface area (Å²) in [6.07, 6.45) is 1.76. The van der Waals surface area contributed by atoms with Gasteiger partial charge in [-0.25, -0.2) is 18.8 Å².